The van der Waals surface area contributed by atoms with Crippen molar-refractivity contribution in [3.63, 3.8) is 0 Å². The lowest BCUT2D eigenvalue weighted by Crippen LogP contribution is -2.19. The van der Waals surface area contributed by atoms with E-state index in [0.29, 0.717) is 24.1 Å². The fourth-order valence-corrected chi connectivity index (χ4v) is 5.85. The number of anilines is 1. The summed E-state index contributed by atoms with van der Waals surface area (Å²) < 4.78 is 33.6. The summed E-state index contributed by atoms with van der Waals surface area (Å²) in [6, 6.07) is 13.6. The normalized spacial score (nSPS) is 11.8. The minimum absolute atomic E-state index is 0.0341. The number of nitriles is 1. The van der Waals surface area contributed by atoms with Crippen LogP contribution in [0.1, 0.15) is 98.4 Å². The lowest BCUT2D eigenvalue weighted by molar-refractivity contribution is 0.468. The molecule has 7 nitrogen and oxygen atoms in total. The van der Waals surface area contributed by atoms with Gasteiger partial charge in [-0.1, -0.05) is 77.9 Å². The molecule has 0 amide bonds. The Kier molecular flexibility index (Phi) is 8.60. The van der Waals surface area contributed by atoms with E-state index >= 15 is 0 Å². The Balaban J connectivity index is 2.13. The van der Waals surface area contributed by atoms with Gasteiger partial charge < -0.3 is 9.92 Å². The number of nitrogen functional groups attached to an aromatic ring is 1. The molecule has 0 atom stereocenters. The maximum Gasteiger partial charge on any atom is 0.341 e. The Bertz CT molecular complexity index is 1390. The molecule has 0 aliphatic heterocycles. The molecule has 0 spiro atoms. The predicted octanol–water partition coefficient (Wildman–Crippen LogP) is 6.16. The van der Waals surface area contributed by atoms with Crippen molar-refractivity contribution in [3.05, 3.63) is 75.5 Å². The van der Waals surface area contributed by atoms with E-state index in [1.807, 2.05) is 64.1 Å². The van der Waals surface area contributed by atoms with Gasteiger partial charge in [0.2, 0.25) is 11.8 Å². The third-order valence-corrected chi connectivity index (χ3v) is 7.75. The Hall–Kier alpha value is -3.44. The van der Waals surface area contributed by atoms with Crippen molar-refractivity contribution >= 4 is 16.1 Å². The van der Waals surface area contributed by atoms with E-state index in [0.717, 1.165) is 27.8 Å². The topological polar surface area (TPSA) is 119 Å². The second kappa shape index (κ2) is 11.3. The number of rotatable bonds is 9. The van der Waals surface area contributed by atoms with E-state index < -0.39 is 10.1 Å². The molecule has 0 saturated heterocycles. The summed E-state index contributed by atoms with van der Waals surface area (Å²) in [5.41, 5.74) is 11.4. The van der Waals surface area contributed by atoms with Crippen LogP contribution in [-0.4, -0.2) is 18.4 Å². The number of nitrogens with zero attached hydrogens (tertiary/aromatic N) is 3. The van der Waals surface area contributed by atoms with Crippen molar-refractivity contribution in [1.82, 2.24) is 9.97 Å². The first-order valence-electron chi connectivity index (χ1n) is 12.5. The third-order valence-electron chi connectivity index (χ3n) is 6.40. The van der Waals surface area contributed by atoms with Crippen molar-refractivity contribution in [1.29, 1.82) is 5.26 Å². The van der Waals surface area contributed by atoms with Gasteiger partial charge in [0.25, 0.3) is 0 Å². The first-order valence-corrected chi connectivity index (χ1v) is 13.9. The van der Waals surface area contributed by atoms with Crippen LogP contribution in [-0.2, 0) is 23.0 Å². The molecular formula is C29H36N4O3S. The monoisotopic (exact) mass is 520 g/mol. The van der Waals surface area contributed by atoms with Crippen LogP contribution in [0.5, 0.6) is 5.88 Å². The maximum atomic E-state index is 13.9. The first-order chi connectivity index (χ1) is 17.3. The summed E-state index contributed by atoms with van der Waals surface area (Å²) in [4.78, 5) is 8.65. The van der Waals surface area contributed by atoms with Crippen molar-refractivity contribution in [2.24, 2.45) is 0 Å². The van der Waals surface area contributed by atoms with Crippen LogP contribution in [0.2, 0.25) is 0 Å². The average molecular weight is 521 g/mol. The van der Waals surface area contributed by atoms with Gasteiger partial charge >= 0.3 is 10.1 Å². The van der Waals surface area contributed by atoms with Crippen molar-refractivity contribution < 1.29 is 12.6 Å². The molecule has 2 aromatic carbocycles. The Morgan fingerprint density at radius 2 is 1.46 bits per heavy atom. The van der Waals surface area contributed by atoms with Crippen LogP contribution in [0.25, 0.3) is 0 Å². The summed E-state index contributed by atoms with van der Waals surface area (Å²) >= 11 is 0. The summed E-state index contributed by atoms with van der Waals surface area (Å²) in [5, 5.41) is 8.92. The Morgan fingerprint density at radius 1 is 0.919 bits per heavy atom. The van der Waals surface area contributed by atoms with Gasteiger partial charge in [-0.15, -0.1) is 0 Å². The summed E-state index contributed by atoms with van der Waals surface area (Å²) in [5.74, 6) is 0.0621. The molecular weight excluding hydrogens is 484 g/mol. The molecule has 0 bridgehead atoms. The molecule has 0 aliphatic rings. The largest absolute Gasteiger partial charge is 0.368 e. The predicted molar refractivity (Wildman–Crippen MR) is 146 cm³/mol. The molecule has 0 radical (unpaired) electrons. The highest BCUT2D eigenvalue weighted by molar-refractivity contribution is 7.87. The van der Waals surface area contributed by atoms with Crippen LogP contribution in [0.15, 0.2) is 41.3 Å². The van der Waals surface area contributed by atoms with Crippen LogP contribution < -0.4 is 9.92 Å². The van der Waals surface area contributed by atoms with E-state index in [9.17, 15) is 8.42 Å². The highest BCUT2D eigenvalue weighted by atomic mass is 32.2. The van der Waals surface area contributed by atoms with Crippen LogP contribution in [0.3, 0.4) is 0 Å². The van der Waals surface area contributed by atoms with E-state index in [2.05, 4.69) is 29.9 Å². The zero-order valence-electron chi connectivity index (χ0n) is 22.7. The smallest absolute Gasteiger partial charge is 0.341 e. The molecule has 0 fully saturated rings. The fourth-order valence-electron chi connectivity index (χ4n) is 4.26. The maximum absolute atomic E-state index is 13.9. The van der Waals surface area contributed by atoms with Crippen molar-refractivity contribution in [2.75, 3.05) is 5.73 Å². The van der Waals surface area contributed by atoms with Gasteiger partial charge in [0.1, 0.15) is 4.90 Å². The number of nitrogens with two attached hydrogens (primary N) is 1. The van der Waals surface area contributed by atoms with Crippen LogP contribution in [0, 0.1) is 18.3 Å². The van der Waals surface area contributed by atoms with E-state index in [-0.39, 0.29) is 34.5 Å². The molecule has 0 unspecified atom stereocenters. The molecule has 1 aromatic heterocycles. The number of hydrogen-bond acceptors (Lipinski definition) is 7. The number of benzene rings is 2. The standard InChI is InChI=1S/C29H36N4O3S/c1-17(2)23-15-24(18(3)4)27(25(16-23)19(5)6)37(34,35)36-28-26(20(7)32-29(31)33-28)14-22-10-8-21(9-11-22)12-13-30/h8-11,15-19H,12,14H2,1-7H3,(H2,31,32,33). The molecule has 3 aromatic rings. The second-order valence-corrected chi connectivity index (χ2v) is 11.8. The molecule has 8 heteroatoms. The first kappa shape index (κ1) is 28.1. The molecule has 0 saturated carbocycles. The zero-order valence-corrected chi connectivity index (χ0v) is 23.5. The van der Waals surface area contributed by atoms with Crippen molar-refractivity contribution in [2.45, 2.75) is 84.0 Å². The molecule has 3 rings (SSSR count). The van der Waals surface area contributed by atoms with Gasteiger partial charge in [0, 0.05) is 12.0 Å². The Labute approximate surface area is 220 Å². The molecule has 196 valence electrons. The lowest BCUT2D eigenvalue weighted by atomic mass is 9.89. The van der Waals surface area contributed by atoms with E-state index in [1.165, 1.54) is 0 Å². The highest BCUT2D eigenvalue weighted by Gasteiger charge is 2.30. The van der Waals surface area contributed by atoms with Gasteiger partial charge in [0.15, 0.2) is 0 Å². The molecule has 37 heavy (non-hydrogen) atoms. The lowest BCUT2D eigenvalue weighted by Gasteiger charge is -2.23. The van der Waals surface area contributed by atoms with Gasteiger partial charge in [0.05, 0.1) is 18.2 Å². The Morgan fingerprint density at radius 3 is 1.95 bits per heavy atom. The molecule has 1 heterocycles. The second-order valence-electron chi connectivity index (χ2n) is 10.3. The zero-order chi connectivity index (χ0) is 27.5. The average Bonchev–Trinajstić information content (AvgIpc) is 2.81. The summed E-state index contributed by atoms with van der Waals surface area (Å²) in [7, 11) is -4.25. The summed E-state index contributed by atoms with van der Waals surface area (Å²) in [6.07, 6.45) is 0.674. The van der Waals surface area contributed by atoms with Crippen molar-refractivity contribution in [3.8, 4) is 11.9 Å². The van der Waals surface area contributed by atoms with Gasteiger partial charge in [-0.3, -0.25) is 0 Å². The fraction of sp³-hybridized carbons (Fsp3) is 0.414. The number of aryl methyl sites for hydroxylation is 1. The van der Waals surface area contributed by atoms with Crippen LogP contribution in [0.4, 0.5) is 5.95 Å². The minimum atomic E-state index is -4.25. The summed E-state index contributed by atoms with van der Waals surface area (Å²) in [6.45, 7) is 13.9. The molecule has 2 N–H and O–H groups in total. The minimum Gasteiger partial charge on any atom is -0.368 e. The van der Waals surface area contributed by atoms with E-state index in [4.69, 9.17) is 15.2 Å². The third kappa shape index (κ3) is 6.47. The van der Waals surface area contributed by atoms with Gasteiger partial charge in [-0.25, -0.2) is 4.98 Å². The quantitative estimate of drug-likeness (QED) is 0.335. The van der Waals surface area contributed by atoms with Gasteiger partial charge in [-0.2, -0.15) is 18.7 Å². The number of hydrogen-bond donors (Lipinski definition) is 1. The number of aromatic nitrogens is 2. The SMILES string of the molecule is Cc1nc(N)nc(OS(=O)(=O)c2c(C(C)C)cc(C(C)C)cc2C(C)C)c1Cc1ccc(CC#N)cc1. The highest BCUT2D eigenvalue weighted by Crippen LogP contribution is 2.37. The van der Waals surface area contributed by atoms with Crippen LogP contribution >= 0.6 is 0 Å². The molecule has 0 aliphatic carbocycles. The van der Waals surface area contributed by atoms with Gasteiger partial charge in [-0.05, 0) is 52.5 Å². The van der Waals surface area contributed by atoms with E-state index in [1.54, 1.807) is 6.92 Å².